The topological polar surface area (TPSA) is 67.6 Å². The fraction of sp³-hybridized carbons (Fsp3) is 0.500. The molecule has 0 unspecified atom stereocenters. The lowest BCUT2D eigenvalue weighted by atomic mass is 10.0. The highest BCUT2D eigenvalue weighted by Crippen LogP contribution is 2.27. The number of nitrogens with one attached hydrogen (secondary N) is 1. The summed E-state index contributed by atoms with van der Waals surface area (Å²) in [6.07, 6.45) is 2.47. The molecule has 138 valence electrons. The number of hydrogen-bond donors (Lipinski definition) is 1. The van der Waals surface area contributed by atoms with E-state index in [1.807, 2.05) is 38.1 Å². The van der Waals surface area contributed by atoms with Gasteiger partial charge in [0.25, 0.3) is 5.91 Å². The van der Waals surface area contributed by atoms with Gasteiger partial charge in [-0.1, -0.05) is 17.3 Å². The van der Waals surface area contributed by atoms with Gasteiger partial charge in [-0.3, -0.25) is 9.69 Å². The van der Waals surface area contributed by atoms with Gasteiger partial charge in [-0.25, -0.2) is 0 Å². The van der Waals surface area contributed by atoms with Crippen molar-refractivity contribution < 1.29 is 14.1 Å². The second kappa shape index (κ2) is 7.21. The van der Waals surface area contributed by atoms with Crippen LogP contribution < -0.4 is 5.32 Å². The molecule has 1 N–H and O–H groups in total. The number of rotatable bonds is 4. The van der Waals surface area contributed by atoms with Gasteiger partial charge >= 0.3 is 0 Å². The van der Waals surface area contributed by atoms with Crippen molar-refractivity contribution in [1.82, 2.24) is 15.4 Å². The number of carbonyl (C=O) groups is 1. The fourth-order valence-corrected chi connectivity index (χ4v) is 4.08. The van der Waals surface area contributed by atoms with E-state index < -0.39 is 0 Å². The third-order valence-electron chi connectivity index (χ3n) is 5.42. The smallest absolute Gasteiger partial charge is 0.251 e. The average molecular weight is 355 g/mol. The zero-order chi connectivity index (χ0) is 18.1. The van der Waals surface area contributed by atoms with E-state index in [-0.39, 0.29) is 18.0 Å². The summed E-state index contributed by atoms with van der Waals surface area (Å²) in [4.78, 5) is 15.3. The molecule has 3 heterocycles. The summed E-state index contributed by atoms with van der Waals surface area (Å²) in [7, 11) is 0. The number of amides is 1. The largest absolute Gasteiger partial charge is 0.378 e. The first kappa shape index (κ1) is 17.2. The fourth-order valence-electron chi connectivity index (χ4n) is 4.08. The molecule has 6 heteroatoms. The Morgan fingerprint density at radius 3 is 2.77 bits per heavy atom. The van der Waals surface area contributed by atoms with E-state index in [2.05, 4.69) is 15.4 Å². The molecule has 0 bridgehead atoms. The summed E-state index contributed by atoms with van der Waals surface area (Å²) >= 11 is 0. The zero-order valence-corrected chi connectivity index (χ0v) is 15.3. The third-order valence-corrected chi connectivity index (χ3v) is 5.42. The lowest BCUT2D eigenvalue weighted by Crippen LogP contribution is -2.50. The highest BCUT2D eigenvalue weighted by Gasteiger charge is 2.35. The van der Waals surface area contributed by atoms with Gasteiger partial charge in [-0.15, -0.1) is 0 Å². The molecule has 2 aromatic rings. The van der Waals surface area contributed by atoms with E-state index in [0.29, 0.717) is 18.8 Å². The average Bonchev–Trinajstić information content (AvgIpc) is 3.37. The number of carbonyl (C=O) groups excluding carboxylic acids is 1. The van der Waals surface area contributed by atoms with Gasteiger partial charge in [0.1, 0.15) is 5.76 Å². The van der Waals surface area contributed by atoms with Crippen molar-refractivity contribution in [3.8, 4) is 11.1 Å². The maximum atomic E-state index is 12.8. The van der Waals surface area contributed by atoms with Crippen molar-refractivity contribution in [2.75, 3.05) is 26.3 Å². The van der Waals surface area contributed by atoms with Gasteiger partial charge in [0, 0.05) is 11.1 Å². The number of likely N-dealkylation sites (tertiary alicyclic amines) is 1. The van der Waals surface area contributed by atoms with Crippen LogP contribution >= 0.6 is 0 Å². The van der Waals surface area contributed by atoms with Crippen LogP contribution in [0.4, 0.5) is 0 Å². The Hall–Kier alpha value is -2.18. The quantitative estimate of drug-likeness (QED) is 0.913. The second-order valence-corrected chi connectivity index (χ2v) is 7.21. The number of aromatic nitrogens is 1. The number of hydrogen-bond acceptors (Lipinski definition) is 5. The van der Waals surface area contributed by atoms with Crippen molar-refractivity contribution in [1.29, 1.82) is 0 Å². The Morgan fingerprint density at radius 2 is 2.04 bits per heavy atom. The summed E-state index contributed by atoms with van der Waals surface area (Å²) in [5.74, 6) is 0.705. The van der Waals surface area contributed by atoms with Crippen LogP contribution in [0.5, 0.6) is 0 Å². The molecule has 2 saturated heterocycles. The summed E-state index contributed by atoms with van der Waals surface area (Å²) in [6.45, 7) is 7.28. The van der Waals surface area contributed by atoms with Crippen LogP contribution in [-0.2, 0) is 4.74 Å². The molecule has 0 aliphatic carbocycles. The molecule has 0 radical (unpaired) electrons. The molecule has 2 fully saturated rings. The highest BCUT2D eigenvalue weighted by atomic mass is 16.5. The summed E-state index contributed by atoms with van der Waals surface area (Å²) < 4.78 is 10.9. The Kier molecular flexibility index (Phi) is 4.78. The Balaban J connectivity index is 1.51. The second-order valence-electron chi connectivity index (χ2n) is 7.21. The lowest BCUT2D eigenvalue weighted by Gasteiger charge is -2.28. The van der Waals surface area contributed by atoms with Crippen LogP contribution in [0.2, 0.25) is 0 Å². The molecule has 1 aromatic heterocycles. The van der Waals surface area contributed by atoms with E-state index in [0.717, 1.165) is 35.7 Å². The molecule has 0 spiro atoms. The van der Waals surface area contributed by atoms with Crippen LogP contribution in [0.15, 0.2) is 28.8 Å². The highest BCUT2D eigenvalue weighted by molar-refractivity contribution is 5.95. The molecule has 2 aliphatic rings. The van der Waals surface area contributed by atoms with E-state index >= 15 is 0 Å². The van der Waals surface area contributed by atoms with Gasteiger partial charge in [-0.2, -0.15) is 0 Å². The van der Waals surface area contributed by atoms with E-state index in [4.69, 9.17) is 9.26 Å². The van der Waals surface area contributed by atoms with Gasteiger partial charge < -0.3 is 14.6 Å². The predicted molar refractivity (Wildman–Crippen MR) is 98.1 cm³/mol. The van der Waals surface area contributed by atoms with Gasteiger partial charge in [0.2, 0.25) is 0 Å². The molecule has 0 saturated carbocycles. The maximum Gasteiger partial charge on any atom is 0.251 e. The Morgan fingerprint density at radius 1 is 1.23 bits per heavy atom. The van der Waals surface area contributed by atoms with Crippen molar-refractivity contribution in [2.24, 2.45) is 0 Å². The third kappa shape index (κ3) is 3.27. The first-order valence-corrected chi connectivity index (χ1v) is 9.29. The Labute approximate surface area is 153 Å². The summed E-state index contributed by atoms with van der Waals surface area (Å²) in [5.41, 5.74) is 3.39. The van der Waals surface area contributed by atoms with Crippen LogP contribution in [0.25, 0.3) is 11.1 Å². The predicted octanol–water partition coefficient (Wildman–Crippen LogP) is 2.55. The molecular formula is C20H25N3O3. The number of ether oxygens (including phenoxy) is 1. The van der Waals surface area contributed by atoms with Gasteiger partial charge in [0.05, 0.1) is 31.0 Å². The minimum atomic E-state index is -0.0571. The number of nitrogens with zero attached hydrogens (tertiary/aromatic N) is 2. The SMILES string of the molecule is Cc1noc(C)c1-c1cccc(C(=O)N[C@H]2COC[C@@H]2N2CCCC2)c1. The monoisotopic (exact) mass is 355 g/mol. The number of aryl methyl sites for hydroxylation is 2. The number of benzene rings is 1. The molecule has 1 aromatic carbocycles. The molecule has 2 aliphatic heterocycles. The van der Waals surface area contributed by atoms with Crippen LogP contribution in [0.1, 0.15) is 34.7 Å². The van der Waals surface area contributed by atoms with Gasteiger partial charge in [-0.05, 0) is 57.5 Å². The van der Waals surface area contributed by atoms with Crippen molar-refractivity contribution in [3.63, 3.8) is 0 Å². The van der Waals surface area contributed by atoms with Crippen molar-refractivity contribution in [3.05, 3.63) is 41.3 Å². The normalized spacial score (nSPS) is 23.5. The van der Waals surface area contributed by atoms with E-state index in [9.17, 15) is 4.79 Å². The standard InChI is InChI=1S/C20H25N3O3/c1-13-19(14(2)26-22-13)15-6-5-7-16(10-15)20(24)21-17-11-25-12-18(17)23-8-3-4-9-23/h5-7,10,17-18H,3-4,8-9,11-12H2,1-2H3,(H,21,24)/t17-,18-/m0/s1. The van der Waals surface area contributed by atoms with Crippen LogP contribution in [0.3, 0.4) is 0 Å². The molecule has 26 heavy (non-hydrogen) atoms. The van der Waals surface area contributed by atoms with E-state index in [1.165, 1.54) is 12.8 Å². The first-order chi connectivity index (χ1) is 12.6. The molecular weight excluding hydrogens is 330 g/mol. The van der Waals surface area contributed by atoms with Crippen molar-refractivity contribution in [2.45, 2.75) is 38.8 Å². The molecule has 2 atom stereocenters. The summed E-state index contributed by atoms with van der Waals surface area (Å²) in [6, 6.07) is 7.96. The zero-order valence-electron chi connectivity index (χ0n) is 15.3. The van der Waals surface area contributed by atoms with Crippen molar-refractivity contribution >= 4 is 5.91 Å². The van der Waals surface area contributed by atoms with Crippen LogP contribution in [0, 0.1) is 13.8 Å². The minimum absolute atomic E-state index is 0.0447. The minimum Gasteiger partial charge on any atom is -0.378 e. The first-order valence-electron chi connectivity index (χ1n) is 9.29. The molecule has 6 nitrogen and oxygen atoms in total. The summed E-state index contributed by atoms with van der Waals surface area (Å²) in [5, 5.41) is 7.19. The van der Waals surface area contributed by atoms with Gasteiger partial charge in [0.15, 0.2) is 0 Å². The molecule has 4 rings (SSSR count). The van der Waals surface area contributed by atoms with E-state index in [1.54, 1.807) is 0 Å². The Bertz CT molecular complexity index is 776. The lowest BCUT2D eigenvalue weighted by molar-refractivity contribution is 0.0916. The molecule has 1 amide bonds. The van der Waals surface area contributed by atoms with Crippen LogP contribution in [-0.4, -0.2) is 54.4 Å². The maximum absolute atomic E-state index is 12.8.